The van der Waals surface area contributed by atoms with Crippen LogP contribution in [0.15, 0.2) is 47.4 Å². The number of nitrogens with one attached hydrogen (secondary N) is 2. The Morgan fingerprint density at radius 1 is 1.18 bits per heavy atom. The van der Waals surface area contributed by atoms with Crippen LogP contribution in [0.25, 0.3) is 0 Å². The van der Waals surface area contributed by atoms with Gasteiger partial charge in [-0.1, -0.05) is 41.4 Å². The maximum absolute atomic E-state index is 12.2. The summed E-state index contributed by atoms with van der Waals surface area (Å²) in [6.45, 7) is 2.54. The SMILES string of the molecule is COCCNS(=O)(=O)c1ccc(OCC(=O)NCc2cccc(C)c2)c(Cl)c1. The topological polar surface area (TPSA) is 93.7 Å². The van der Waals surface area contributed by atoms with E-state index in [2.05, 4.69) is 10.0 Å². The maximum Gasteiger partial charge on any atom is 0.258 e. The predicted octanol–water partition coefficient (Wildman–Crippen LogP) is 2.27. The highest BCUT2D eigenvalue weighted by molar-refractivity contribution is 7.89. The van der Waals surface area contributed by atoms with Gasteiger partial charge in [-0.2, -0.15) is 0 Å². The number of halogens is 1. The third-order valence-electron chi connectivity index (χ3n) is 3.74. The molecule has 0 saturated carbocycles. The quantitative estimate of drug-likeness (QED) is 0.568. The van der Waals surface area contributed by atoms with Crippen molar-refractivity contribution in [3.05, 3.63) is 58.6 Å². The zero-order valence-corrected chi connectivity index (χ0v) is 17.3. The summed E-state index contributed by atoms with van der Waals surface area (Å²) in [5, 5.41) is 2.85. The molecule has 0 aromatic heterocycles. The highest BCUT2D eigenvalue weighted by atomic mass is 35.5. The number of benzene rings is 2. The molecule has 2 rings (SSSR count). The summed E-state index contributed by atoms with van der Waals surface area (Å²) >= 11 is 6.10. The van der Waals surface area contributed by atoms with Gasteiger partial charge >= 0.3 is 0 Å². The average Bonchev–Trinajstić information content (AvgIpc) is 2.65. The standard InChI is InChI=1S/C19H23ClN2O5S/c1-14-4-3-5-15(10-14)12-21-19(23)13-27-18-7-6-16(11-17(18)20)28(24,25)22-8-9-26-2/h3-7,10-11,22H,8-9,12-13H2,1-2H3,(H,21,23). The summed E-state index contributed by atoms with van der Waals surface area (Å²) in [6.07, 6.45) is 0. The molecule has 2 aromatic rings. The first-order chi connectivity index (χ1) is 13.3. The van der Waals surface area contributed by atoms with Gasteiger partial charge in [0.1, 0.15) is 5.75 Å². The van der Waals surface area contributed by atoms with E-state index in [9.17, 15) is 13.2 Å². The second kappa shape index (κ2) is 10.4. The molecule has 2 N–H and O–H groups in total. The molecule has 0 heterocycles. The van der Waals surface area contributed by atoms with Crippen LogP contribution in [-0.2, 0) is 26.1 Å². The lowest BCUT2D eigenvalue weighted by atomic mass is 10.1. The molecule has 0 radical (unpaired) electrons. The van der Waals surface area contributed by atoms with E-state index in [1.54, 1.807) is 0 Å². The Morgan fingerprint density at radius 3 is 2.64 bits per heavy atom. The Labute approximate surface area is 170 Å². The molecule has 0 saturated heterocycles. The minimum Gasteiger partial charge on any atom is -0.482 e. The van der Waals surface area contributed by atoms with Crippen molar-refractivity contribution >= 4 is 27.5 Å². The molecule has 0 unspecified atom stereocenters. The van der Waals surface area contributed by atoms with Gasteiger partial charge in [0.2, 0.25) is 10.0 Å². The number of hydrogen-bond donors (Lipinski definition) is 2. The van der Waals surface area contributed by atoms with Gasteiger partial charge in [0.05, 0.1) is 16.5 Å². The molecule has 0 fully saturated rings. The van der Waals surface area contributed by atoms with Crippen LogP contribution in [-0.4, -0.2) is 41.2 Å². The molecule has 152 valence electrons. The zero-order chi connectivity index (χ0) is 20.6. The fraction of sp³-hybridized carbons (Fsp3) is 0.316. The molecule has 0 atom stereocenters. The summed E-state index contributed by atoms with van der Waals surface area (Å²) in [5.41, 5.74) is 2.10. The normalized spacial score (nSPS) is 11.2. The van der Waals surface area contributed by atoms with Crippen LogP contribution in [0.1, 0.15) is 11.1 Å². The van der Waals surface area contributed by atoms with E-state index in [0.29, 0.717) is 6.54 Å². The molecule has 2 aromatic carbocycles. The Kier molecular flexibility index (Phi) is 8.25. The summed E-state index contributed by atoms with van der Waals surface area (Å²) in [7, 11) is -2.21. The zero-order valence-electron chi connectivity index (χ0n) is 15.7. The van der Waals surface area contributed by atoms with Gasteiger partial charge in [0, 0.05) is 20.2 Å². The number of methoxy groups -OCH3 is 1. The highest BCUT2D eigenvalue weighted by Gasteiger charge is 2.16. The molecule has 7 nitrogen and oxygen atoms in total. The summed E-state index contributed by atoms with van der Waals surface area (Å²) in [6, 6.07) is 11.9. The second-order valence-corrected chi connectivity index (χ2v) is 8.21. The summed E-state index contributed by atoms with van der Waals surface area (Å²) in [5.74, 6) is -0.0845. The van der Waals surface area contributed by atoms with Crippen LogP contribution in [0.2, 0.25) is 5.02 Å². The molecule has 0 aliphatic rings. The maximum atomic E-state index is 12.2. The van der Waals surface area contributed by atoms with Crippen molar-refractivity contribution < 1.29 is 22.7 Å². The first-order valence-electron chi connectivity index (χ1n) is 8.55. The van der Waals surface area contributed by atoms with E-state index in [4.69, 9.17) is 21.1 Å². The van der Waals surface area contributed by atoms with Gasteiger partial charge in [-0.05, 0) is 30.7 Å². The third kappa shape index (κ3) is 6.79. The lowest BCUT2D eigenvalue weighted by Crippen LogP contribution is -2.28. The van der Waals surface area contributed by atoms with Crippen molar-refractivity contribution in [3.8, 4) is 5.75 Å². The predicted molar refractivity (Wildman–Crippen MR) is 107 cm³/mol. The first kappa shape index (κ1) is 22.2. The van der Waals surface area contributed by atoms with Crippen molar-refractivity contribution in [1.82, 2.24) is 10.0 Å². The van der Waals surface area contributed by atoms with Gasteiger partial charge in [0.15, 0.2) is 6.61 Å². The van der Waals surface area contributed by atoms with Crippen molar-refractivity contribution in [2.45, 2.75) is 18.4 Å². The monoisotopic (exact) mass is 426 g/mol. The molecule has 0 aliphatic carbocycles. The van der Waals surface area contributed by atoms with Crippen LogP contribution in [0.3, 0.4) is 0 Å². The lowest BCUT2D eigenvalue weighted by molar-refractivity contribution is -0.123. The fourth-order valence-electron chi connectivity index (χ4n) is 2.34. The van der Waals surface area contributed by atoms with Crippen LogP contribution in [0.4, 0.5) is 0 Å². The van der Waals surface area contributed by atoms with Crippen molar-refractivity contribution in [3.63, 3.8) is 0 Å². The number of ether oxygens (including phenoxy) is 2. The molecule has 0 aliphatic heterocycles. The third-order valence-corrected chi connectivity index (χ3v) is 5.50. The number of amides is 1. The van der Waals surface area contributed by atoms with E-state index in [1.165, 1.54) is 25.3 Å². The van der Waals surface area contributed by atoms with E-state index < -0.39 is 10.0 Å². The molecule has 28 heavy (non-hydrogen) atoms. The fourth-order valence-corrected chi connectivity index (χ4v) is 3.68. The second-order valence-electron chi connectivity index (χ2n) is 6.04. The lowest BCUT2D eigenvalue weighted by Gasteiger charge is -2.11. The summed E-state index contributed by atoms with van der Waals surface area (Å²) < 4.78 is 36.9. The smallest absolute Gasteiger partial charge is 0.258 e. The van der Waals surface area contributed by atoms with E-state index >= 15 is 0 Å². The Bertz CT molecular complexity index is 918. The van der Waals surface area contributed by atoms with Crippen molar-refractivity contribution in [2.24, 2.45) is 0 Å². The number of carbonyl (C=O) groups excluding carboxylic acids is 1. The largest absolute Gasteiger partial charge is 0.482 e. The molecular formula is C19H23ClN2O5S. The average molecular weight is 427 g/mol. The van der Waals surface area contributed by atoms with Crippen LogP contribution >= 0.6 is 11.6 Å². The van der Waals surface area contributed by atoms with Crippen molar-refractivity contribution in [2.75, 3.05) is 26.9 Å². The number of rotatable bonds is 10. The van der Waals surface area contributed by atoms with Crippen LogP contribution < -0.4 is 14.8 Å². The highest BCUT2D eigenvalue weighted by Crippen LogP contribution is 2.27. The van der Waals surface area contributed by atoms with Gasteiger partial charge in [-0.15, -0.1) is 0 Å². The van der Waals surface area contributed by atoms with E-state index in [0.717, 1.165) is 11.1 Å². The Balaban J connectivity index is 1.89. The van der Waals surface area contributed by atoms with Crippen LogP contribution in [0, 0.1) is 6.92 Å². The number of carbonyl (C=O) groups is 1. The molecule has 0 bridgehead atoms. The van der Waals surface area contributed by atoms with Gasteiger partial charge in [-0.3, -0.25) is 4.79 Å². The minimum absolute atomic E-state index is 0.00449. The Morgan fingerprint density at radius 2 is 1.96 bits per heavy atom. The number of sulfonamides is 1. The first-order valence-corrected chi connectivity index (χ1v) is 10.4. The van der Waals surface area contributed by atoms with Gasteiger partial charge in [0.25, 0.3) is 5.91 Å². The van der Waals surface area contributed by atoms with Gasteiger partial charge < -0.3 is 14.8 Å². The van der Waals surface area contributed by atoms with E-state index in [1.807, 2.05) is 31.2 Å². The number of aryl methyl sites for hydroxylation is 1. The van der Waals surface area contributed by atoms with Crippen LogP contribution in [0.5, 0.6) is 5.75 Å². The molecule has 0 spiro atoms. The molecular weight excluding hydrogens is 404 g/mol. The van der Waals surface area contributed by atoms with E-state index in [-0.39, 0.29) is 41.3 Å². The summed E-state index contributed by atoms with van der Waals surface area (Å²) in [4.78, 5) is 12.0. The molecule has 9 heteroatoms. The van der Waals surface area contributed by atoms with Crippen molar-refractivity contribution in [1.29, 1.82) is 0 Å². The Hall–Kier alpha value is -2.13. The molecule has 1 amide bonds. The van der Waals surface area contributed by atoms with Gasteiger partial charge in [-0.25, -0.2) is 13.1 Å². The number of hydrogen-bond acceptors (Lipinski definition) is 5. The minimum atomic E-state index is -3.70.